The van der Waals surface area contributed by atoms with Crippen molar-refractivity contribution in [3.05, 3.63) is 59.2 Å². The maximum Gasteiger partial charge on any atom is 0.246 e. The SMILES string of the molecule is COc1cccc(/C=C/C(=O)N(C)C2CCC3(O)[C@H]4Cc5ccc(O)c6c5[C@@]3(CCN4CC3CC3)C2O6)c1. The van der Waals surface area contributed by atoms with Gasteiger partial charge in [0.1, 0.15) is 11.9 Å². The van der Waals surface area contributed by atoms with E-state index in [-0.39, 0.29) is 23.7 Å². The molecule has 1 spiro atoms. The zero-order valence-corrected chi connectivity index (χ0v) is 22.1. The van der Waals surface area contributed by atoms with E-state index >= 15 is 0 Å². The van der Waals surface area contributed by atoms with Gasteiger partial charge < -0.3 is 24.6 Å². The molecule has 2 aromatic carbocycles. The molecule has 7 rings (SSSR count). The van der Waals surface area contributed by atoms with Crippen LogP contribution >= 0.6 is 0 Å². The van der Waals surface area contributed by atoms with Crippen LogP contribution in [0.5, 0.6) is 17.2 Å². The van der Waals surface area contributed by atoms with Gasteiger partial charge in [0.05, 0.1) is 24.2 Å². The van der Waals surface area contributed by atoms with Crippen LogP contribution in [-0.2, 0) is 16.6 Å². The number of benzene rings is 2. The molecule has 0 aromatic heterocycles. The number of hydrogen-bond acceptors (Lipinski definition) is 6. The highest BCUT2D eigenvalue weighted by molar-refractivity contribution is 5.92. The molecular formula is C31H36N2O5. The normalized spacial score (nSPS) is 33.1. The third-order valence-corrected chi connectivity index (χ3v) is 10.1. The van der Waals surface area contributed by atoms with Crippen molar-refractivity contribution >= 4 is 12.0 Å². The Bertz CT molecular complexity index is 1320. The van der Waals surface area contributed by atoms with Crippen molar-refractivity contribution in [3.63, 3.8) is 0 Å². The van der Waals surface area contributed by atoms with Gasteiger partial charge in [-0.2, -0.15) is 0 Å². The summed E-state index contributed by atoms with van der Waals surface area (Å²) in [6, 6.07) is 11.2. The van der Waals surface area contributed by atoms with Crippen molar-refractivity contribution in [2.45, 2.75) is 67.7 Å². The predicted octanol–water partition coefficient (Wildman–Crippen LogP) is 3.51. The third-order valence-electron chi connectivity index (χ3n) is 10.1. The fourth-order valence-corrected chi connectivity index (χ4v) is 8.05. The highest BCUT2D eigenvalue weighted by atomic mass is 16.5. The standard InChI is InChI=1S/C31H36N2O5/c1-32(26(35)11-8-19-4-3-5-22(16-19)37-2)23-12-13-31(36)25-17-21-9-10-24(34)28-27(21)30(31,29(23)38-28)14-15-33(25)18-20-6-7-20/h3-5,8-11,16,20,23,25,29,34,36H,6-7,12-15,17-18H2,1-2H3/b11-8+/t23?,25-,29?,30+,31?/m1/s1. The number of carbonyl (C=O) groups is 1. The molecule has 7 heteroatoms. The van der Waals surface area contributed by atoms with E-state index in [1.165, 1.54) is 18.4 Å². The Morgan fingerprint density at radius 2 is 2.08 bits per heavy atom. The first-order valence-electron chi connectivity index (χ1n) is 13.9. The number of phenolic OH excluding ortho intramolecular Hbond substituents is 1. The second-order valence-electron chi connectivity index (χ2n) is 12.0. The second kappa shape index (κ2) is 8.48. The van der Waals surface area contributed by atoms with Gasteiger partial charge in [0.2, 0.25) is 5.91 Å². The molecule has 200 valence electrons. The molecule has 7 nitrogen and oxygen atoms in total. The second-order valence-corrected chi connectivity index (χ2v) is 12.0. The first-order chi connectivity index (χ1) is 18.4. The number of phenols is 1. The van der Waals surface area contributed by atoms with Crippen LogP contribution in [0.4, 0.5) is 0 Å². The molecule has 2 aromatic rings. The molecule has 3 fully saturated rings. The summed E-state index contributed by atoms with van der Waals surface area (Å²) in [5, 5.41) is 23.5. The van der Waals surface area contributed by atoms with Crippen LogP contribution in [0.15, 0.2) is 42.5 Å². The number of hydrogen-bond donors (Lipinski definition) is 2. The predicted molar refractivity (Wildman–Crippen MR) is 143 cm³/mol. The van der Waals surface area contributed by atoms with Crippen LogP contribution in [0, 0.1) is 5.92 Å². The molecule has 2 heterocycles. The number of methoxy groups -OCH3 is 1. The summed E-state index contributed by atoms with van der Waals surface area (Å²) >= 11 is 0. The lowest BCUT2D eigenvalue weighted by Gasteiger charge is -2.64. The largest absolute Gasteiger partial charge is 0.504 e. The number of amides is 1. The van der Waals surface area contributed by atoms with Crippen molar-refractivity contribution in [3.8, 4) is 17.2 Å². The molecule has 38 heavy (non-hydrogen) atoms. The summed E-state index contributed by atoms with van der Waals surface area (Å²) in [4.78, 5) is 17.7. The van der Waals surface area contributed by atoms with Crippen molar-refractivity contribution in [1.82, 2.24) is 9.80 Å². The molecule has 1 saturated heterocycles. The van der Waals surface area contributed by atoms with E-state index in [1.807, 2.05) is 37.4 Å². The fraction of sp³-hybridized carbons (Fsp3) is 0.516. The van der Waals surface area contributed by atoms with E-state index in [1.54, 1.807) is 30.2 Å². The average molecular weight is 517 g/mol. The third kappa shape index (κ3) is 3.31. The number of rotatable bonds is 6. The molecule has 1 amide bonds. The van der Waals surface area contributed by atoms with Gasteiger partial charge in [-0.15, -0.1) is 0 Å². The van der Waals surface area contributed by atoms with Gasteiger partial charge in [0.15, 0.2) is 11.5 Å². The minimum atomic E-state index is -0.951. The van der Waals surface area contributed by atoms with Gasteiger partial charge in [-0.3, -0.25) is 9.69 Å². The quantitative estimate of drug-likeness (QED) is 0.572. The maximum atomic E-state index is 13.4. The summed E-state index contributed by atoms with van der Waals surface area (Å²) in [5.74, 6) is 2.02. The zero-order chi connectivity index (χ0) is 26.2. The molecule has 2 bridgehead atoms. The number of likely N-dealkylation sites (N-methyl/N-ethyl adjacent to an activating group) is 1. The number of likely N-dealkylation sites (tertiary alicyclic amines) is 1. The lowest BCUT2D eigenvalue weighted by atomic mass is 9.48. The van der Waals surface area contributed by atoms with Gasteiger partial charge in [-0.25, -0.2) is 0 Å². The van der Waals surface area contributed by atoms with Crippen LogP contribution in [0.2, 0.25) is 0 Å². The van der Waals surface area contributed by atoms with Crippen LogP contribution < -0.4 is 9.47 Å². The topological polar surface area (TPSA) is 82.5 Å². The summed E-state index contributed by atoms with van der Waals surface area (Å²) < 4.78 is 11.9. The van der Waals surface area contributed by atoms with Crippen LogP contribution in [-0.4, -0.2) is 77.0 Å². The van der Waals surface area contributed by atoms with Gasteiger partial charge in [0.25, 0.3) is 0 Å². The van der Waals surface area contributed by atoms with Gasteiger partial charge in [-0.05, 0) is 86.4 Å². The van der Waals surface area contributed by atoms with Crippen molar-refractivity contribution < 1.29 is 24.5 Å². The van der Waals surface area contributed by atoms with Crippen LogP contribution in [0.1, 0.15) is 48.8 Å². The Morgan fingerprint density at radius 3 is 2.87 bits per heavy atom. The lowest BCUT2D eigenvalue weighted by Crippen LogP contribution is -2.78. The number of nitrogens with zero attached hydrogens (tertiary/aromatic N) is 2. The lowest BCUT2D eigenvalue weighted by molar-refractivity contribution is -0.200. The van der Waals surface area contributed by atoms with Gasteiger partial charge in [-0.1, -0.05) is 18.2 Å². The average Bonchev–Trinajstić information content (AvgIpc) is 3.67. The van der Waals surface area contributed by atoms with E-state index < -0.39 is 17.1 Å². The summed E-state index contributed by atoms with van der Waals surface area (Å²) in [5.41, 5.74) is 1.47. The van der Waals surface area contributed by atoms with Crippen LogP contribution in [0.3, 0.4) is 0 Å². The Balaban J connectivity index is 1.23. The van der Waals surface area contributed by atoms with E-state index in [2.05, 4.69) is 4.90 Å². The molecule has 0 radical (unpaired) electrons. The van der Waals surface area contributed by atoms with E-state index in [0.717, 1.165) is 48.7 Å². The first-order valence-corrected chi connectivity index (χ1v) is 13.9. The Morgan fingerprint density at radius 1 is 1.24 bits per heavy atom. The molecule has 2 aliphatic heterocycles. The van der Waals surface area contributed by atoms with Crippen molar-refractivity contribution in [1.29, 1.82) is 0 Å². The Hall–Kier alpha value is -3.03. The maximum absolute atomic E-state index is 13.4. The number of aliphatic hydroxyl groups is 1. The summed E-state index contributed by atoms with van der Waals surface area (Å²) in [7, 11) is 3.46. The van der Waals surface area contributed by atoms with E-state index in [4.69, 9.17) is 9.47 Å². The highest BCUT2D eigenvalue weighted by Gasteiger charge is 2.73. The molecule has 2 saturated carbocycles. The molecule has 3 aliphatic carbocycles. The highest BCUT2D eigenvalue weighted by Crippen LogP contribution is 2.66. The zero-order valence-electron chi connectivity index (χ0n) is 22.1. The summed E-state index contributed by atoms with van der Waals surface area (Å²) in [6.45, 7) is 1.95. The first kappa shape index (κ1) is 24.0. The number of carbonyl (C=O) groups excluding carboxylic acids is 1. The van der Waals surface area contributed by atoms with E-state index in [9.17, 15) is 15.0 Å². The fourth-order valence-electron chi connectivity index (χ4n) is 8.05. The smallest absolute Gasteiger partial charge is 0.246 e. The van der Waals surface area contributed by atoms with Crippen LogP contribution in [0.25, 0.3) is 6.08 Å². The van der Waals surface area contributed by atoms with E-state index in [0.29, 0.717) is 18.6 Å². The monoisotopic (exact) mass is 516 g/mol. The molecule has 2 N–H and O–H groups in total. The number of ether oxygens (including phenoxy) is 2. The number of piperidine rings is 1. The molecular weight excluding hydrogens is 480 g/mol. The van der Waals surface area contributed by atoms with Crippen molar-refractivity contribution in [2.24, 2.45) is 5.92 Å². The molecule has 5 aliphatic rings. The summed E-state index contributed by atoms with van der Waals surface area (Å²) in [6.07, 6.45) is 8.35. The Labute approximate surface area is 223 Å². The minimum absolute atomic E-state index is 0.0286. The number of aromatic hydroxyl groups is 1. The van der Waals surface area contributed by atoms with Gasteiger partial charge >= 0.3 is 0 Å². The van der Waals surface area contributed by atoms with Crippen molar-refractivity contribution in [2.75, 3.05) is 27.2 Å². The Kier molecular flexibility index (Phi) is 5.37. The molecule has 5 atom stereocenters. The van der Waals surface area contributed by atoms with Gasteiger partial charge in [0, 0.05) is 31.3 Å². The minimum Gasteiger partial charge on any atom is -0.504 e. The molecule has 3 unspecified atom stereocenters.